The third kappa shape index (κ3) is 11.5. The van der Waals surface area contributed by atoms with Crippen LogP contribution < -0.4 is 19.6 Å². The van der Waals surface area contributed by atoms with E-state index in [0.717, 1.165) is 68.2 Å². The van der Waals surface area contributed by atoms with Gasteiger partial charge in [-0.15, -0.1) is 22.7 Å². The van der Waals surface area contributed by atoms with E-state index in [9.17, 15) is 0 Å². The highest BCUT2D eigenvalue weighted by Crippen LogP contribution is 2.52. The van der Waals surface area contributed by atoms with Gasteiger partial charge in [-0.3, -0.25) is 0 Å². The molecule has 16 aromatic carbocycles. The van der Waals surface area contributed by atoms with Crippen LogP contribution in [0, 0.1) is 0 Å². The van der Waals surface area contributed by atoms with E-state index in [-0.39, 0.29) is 5.41 Å². The number of fused-ring (bicyclic) bond motifs is 12. The molecule has 0 saturated carbocycles. The van der Waals surface area contributed by atoms with E-state index >= 15 is 0 Å². The van der Waals surface area contributed by atoms with E-state index < -0.39 is 0 Å². The molecule has 0 aliphatic heterocycles. The van der Waals surface area contributed by atoms with Crippen molar-refractivity contribution >= 4 is 153 Å². The molecule has 20 rings (SSSR count). The average Bonchev–Trinajstić information content (AvgIpc) is 1.52. The van der Waals surface area contributed by atoms with Crippen LogP contribution in [0.4, 0.5) is 68.2 Å². The van der Waals surface area contributed by atoms with Gasteiger partial charge in [-0.2, -0.15) is 0 Å². The molecule has 0 radical (unpaired) electrons. The van der Waals surface area contributed by atoms with Gasteiger partial charge >= 0.3 is 0 Å². The molecule has 1 aliphatic rings. The molecule has 3 heterocycles. The molecule has 106 heavy (non-hydrogen) atoms. The normalized spacial score (nSPS) is 12.1. The van der Waals surface area contributed by atoms with Crippen molar-refractivity contribution in [2.75, 3.05) is 19.6 Å². The molecular formula is C99H71N5S2. The number of aromatic nitrogens is 1. The van der Waals surface area contributed by atoms with E-state index in [1.165, 1.54) is 101 Å². The summed E-state index contributed by atoms with van der Waals surface area (Å²) in [6, 6.07) is 143. The summed E-state index contributed by atoms with van der Waals surface area (Å²) in [5, 5.41) is 7.59. The summed E-state index contributed by atoms with van der Waals surface area (Å²) >= 11 is 3.71. The lowest BCUT2D eigenvalue weighted by molar-refractivity contribution is 0.660. The SMILES string of the molecule is CC1(C)c2ccccc2-c2ccc(N(c3ccccc3)c3ccc4c(c3)sc3ccc(N(c5ccccc5)c5ccccc5)cc34)cc21.c1ccc(N(c2cccc(-c3ccc4c5ccccc5n(-c5ccccc5)c4c3)c2)c2ccc3c(c2)sc2ccc(N(c4ccccc4)c4ccccc4)cc23)cc1. The number of thiophene rings is 2. The van der Waals surface area contributed by atoms with Crippen LogP contribution >= 0.6 is 22.7 Å². The monoisotopic (exact) mass is 1390 g/mol. The molecule has 0 saturated heterocycles. The molecule has 0 spiro atoms. The van der Waals surface area contributed by atoms with E-state index in [1.54, 1.807) is 0 Å². The van der Waals surface area contributed by atoms with Gasteiger partial charge in [0.15, 0.2) is 0 Å². The lowest BCUT2D eigenvalue weighted by Gasteiger charge is -2.28. The third-order valence-electron chi connectivity index (χ3n) is 20.9. The largest absolute Gasteiger partial charge is 0.310 e. The van der Waals surface area contributed by atoms with Gasteiger partial charge in [-0.05, 0) is 215 Å². The number of nitrogens with zero attached hydrogens (tertiary/aromatic N) is 5. The molecule has 3 aromatic heterocycles. The molecule has 0 amide bonds. The van der Waals surface area contributed by atoms with E-state index in [1.807, 2.05) is 22.7 Å². The molecule has 0 unspecified atom stereocenters. The van der Waals surface area contributed by atoms with Gasteiger partial charge in [0.1, 0.15) is 0 Å². The maximum absolute atomic E-state index is 2.41. The van der Waals surface area contributed by atoms with Crippen LogP contribution in [0.3, 0.4) is 0 Å². The number of rotatable bonds is 14. The summed E-state index contributed by atoms with van der Waals surface area (Å²) < 4.78 is 7.48. The Kier molecular flexibility index (Phi) is 16.2. The lowest BCUT2D eigenvalue weighted by Crippen LogP contribution is -2.16. The van der Waals surface area contributed by atoms with Crippen LogP contribution in [0.5, 0.6) is 0 Å². The standard InChI is InChI=1S/C54H37N3S.C45H34N2S/c1-5-17-40(18-6-1)55(41-19-7-2-8-20-41)45-30-33-53-50(36-45)49-32-29-46(37-54(49)58-53)56(42-21-9-3-10-22-42)44-25-15-16-38(34-44)39-28-31-48-47-26-13-14-27-51(47)57(52(48)35-39)43-23-11-4-12-24-43;1-45(2)41-21-13-12-20-37(41)38-25-22-35(29-42(38)45)47(33-18-10-5-11-19-33)36-23-26-39-40-28-34(24-27-43(40)48-44(39)30-36)46(31-14-6-3-7-15-31)32-16-8-4-9-17-32/h1-37H;3-30H,1-2H3. The Morgan fingerprint density at radius 1 is 0.217 bits per heavy atom. The number of para-hydroxylation sites is 8. The van der Waals surface area contributed by atoms with E-state index in [2.05, 4.69) is 432 Å². The summed E-state index contributed by atoms with van der Waals surface area (Å²) in [5.41, 5.74) is 25.0. The zero-order valence-corrected chi connectivity index (χ0v) is 60.2. The van der Waals surface area contributed by atoms with Crippen LogP contribution in [-0.4, -0.2) is 4.57 Å². The first kappa shape index (κ1) is 63.9. The Hall–Kier alpha value is -13.0. The highest BCUT2D eigenvalue weighted by Gasteiger charge is 2.36. The topological polar surface area (TPSA) is 17.9 Å². The smallest absolute Gasteiger partial charge is 0.0547 e. The van der Waals surface area contributed by atoms with Crippen molar-refractivity contribution in [3.63, 3.8) is 0 Å². The fourth-order valence-electron chi connectivity index (χ4n) is 16.0. The Bertz CT molecular complexity index is 6350. The zero-order chi connectivity index (χ0) is 70.7. The summed E-state index contributed by atoms with van der Waals surface area (Å²) in [6.45, 7) is 4.70. The average molecular weight is 1390 g/mol. The van der Waals surface area contributed by atoms with Crippen molar-refractivity contribution in [1.29, 1.82) is 0 Å². The summed E-state index contributed by atoms with van der Waals surface area (Å²) in [5.74, 6) is 0. The quantitative estimate of drug-likeness (QED) is 0.108. The molecular weight excluding hydrogens is 1320 g/mol. The first-order valence-electron chi connectivity index (χ1n) is 36.2. The molecule has 0 bridgehead atoms. The Morgan fingerprint density at radius 2 is 0.575 bits per heavy atom. The van der Waals surface area contributed by atoms with Gasteiger partial charge in [0.2, 0.25) is 0 Å². The summed E-state index contributed by atoms with van der Waals surface area (Å²) in [6.07, 6.45) is 0. The molecule has 0 atom stereocenters. The zero-order valence-electron chi connectivity index (χ0n) is 58.6. The van der Waals surface area contributed by atoms with Gasteiger partial charge in [0, 0.05) is 130 Å². The molecule has 0 N–H and O–H groups in total. The van der Waals surface area contributed by atoms with Gasteiger partial charge < -0.3 is 24.2 Å². The van der Waals surface area contributed by atoms with Crippen molar-refractivity contribution < 1.29 is 0 Å². The lowest BCUT2D eigenvalue weighted by atomic mass is 9.82. The Labute approximate surface area is 625 Å². The van der Waals surface area contributed by atoms with Crippen LogP contribution in [0.15, 0.2) is 394 Å². The molecule has 19 aromatic rings. The third-order valence-corrected chi connectivity index (χ3v) is 23.2. The van der Waals surface area contributed by atoms with Crippen LogP contribution in [0.25, 0.3) is 90.1 Å². The first-order valence-corrected chi connectivity index (χ1v) is 37.8. The first-order chi connectivity index (χ1) is 52.3. The van der Waals surface area contributed by atoms with Crippen molar-refractivity contribution in [1.82, 2.24) is 4.57 Å². The van der Waals surface area contributed by atoms with Crippen LogP contribution in [0.1, 0.15) is 25.0 Å². The minimum atomic E-state index is -0.0647. The predicted molar refractivity (Wildman–Crippen MR) is 455 cm³/mol. The van der Waals surface area contributed by atoms with Crippen molar-refractivity contribution in [2.45, 2.75) is 19.3 Å². The maximum atomic E-state index is 2.41. The van der Waals surface area contributed by atoms with E-state index in [4.69, 9.17) is 0 Å². The number of benzene rings is 16. The summed E-state index contributed by atoms with van der Waals surface area (Å²) in [4.78, 5) is 9.45. The molecule has 504 valence electrons. The highest BCUT2D eigenvalue weighted by molar-refractivity contribution is 7.26. The number of hydrogen-bond acceptors (Lipinski definition) is 6. The second-order valence-electron chi connectivity index (χ2n) is 27.7. The fraction of sp³-hybridized carbons (Fsp3) is 0.0303. The molecule has 7 heteroatoms. The maximum Gasteiger partial charge on any atom is 0.0547 e. The summed E-state index contributed by atoms with van der Waals surface area (Å²) in [7, 11) is 0. The molecule has 1 aliphatic carbocycles. The molecule has 5 nitrogen and oxygen atoms in total. The van der Waals surface area contributed by atoms with Gasteiger partial charge in [0.05, 0.1) is 11.0 Å². The highest BCUT2D eigenvalue weighted by atomic mass is 32.1. The predicted octanol–water partition coefficient (Wildman–Crippen LogP) is 29.1. The van der Waals surface area contributed by atoms with Crippen molar-refractivity contribution in [3.8, 4) is 27.9 Å². The van der Waals surface area contributed by atoms with Crippen LogP contribution in [-0.2, 0) is 5.41 Å². The van der Waals surface area contributed by atoms with Crippen molar-refractivity contribution in [3.05, 3.63) is 405 Å². The molecule has 0 fully saturated rings. The number of anilines is 12. The minimum Gasteiger partial charge on any atom is -0.310 e. The van der Waals surface area contributed by atoms with Crippen molar-refractivity contribution in [2.24, 2.45) is 0 Å². The van der Waals surface area contributed by atoms with Gasteiger partial charge in [-0.1, -0.05) is 226 Å². The fourth-order valence-corrected chi connectivity index (χ4v) is 18.2. The second-order valence-corrected chi connectivity index (χ2v) is 29.8. The van der Waals surface area contributed by atoms with Crippen LogP contribution in [0.2, 0.25) is 0 Å². The number of hydrogen-bond donors (Lipinski definition) is 0. The Balaban J connectivity index is 0.000000148. The van der Waals surface area contributed by atoms with Gasteiger partial charge in [-0.25, -0.2) is 0 Å². The Morgan fingerprint density at radius 3 is 1.08 bits per heavy atom. The van der Waals surface area contributed by atoms with Gasteiger partial charge in [0.25, 0.3) is 0 Å². The minimum absolute atomic E-state index is 0.0647. The second kappa shape index (κ2) is 27.0. The van der Waals surface area contributed by atoms with E-state index in [0.29, 0.717) is 0 Å².